The van der Waals surface area contributed by atoms with Gasteiger partial charge in [-0.05, 0) is 89.1 Å². The summed E-state index contributed by atoms with van der Waals surface area (Å²) < 4.78 is 0. The Kier molecular flexibility index (Phi) is 6.83. The van der Waals surface area contributed by atoms with E-state index in [1.165, 1.54) is 80.9 Å². The van der Waals surface area contributed by atoms with Crippen molar-refractivity contribution in [1.29, 1.82) is 0 Å². The van der Waals surface area contributed by atoms with Crippen molar-refractivity contribution in [3.05, 3.63) is 137 Å². The standard InChI is InChI=1S/C45H47N3/c1-5-15-30(16-6-1)41-46-42(31-17-7-2-8-18-31)48-43(47-41)32-21-22-38-34(27-32)36-28-35-33-19-9-10-20-37(33)44(23-11-3-12-24-44)39(35)29-40(36)45(38)25-13-4-14-26-45/h1-2,5-10,15-17,19-22,28-29,31-32,42-43,48H,3-4,11-14,18,23-27H2,(H,46,47). The summed E-state index contributed by atoms with van der Waals surface area (Å²) in [6, 6.07) is 25.6. The zero-order valence-corrected chi connectivity index (χ0v) is 28.1. The van der Waals surface area contributed by atoms with Crippen LogP contribution in [-0.2, 0) is 10.8 Å². The molecule has 242 valence electrons. The van der Waals surface area contributed by atoms with Crippen molar-refractivity contribution < 1.29 is 0 Å². The lowest BCUT2D eigenvalue weighted by Gasteiger charge is -2.40. The zero-order chi connectivity index (χ0) is 31.7. The van der Waals surface area contributed by atoms with Crippen LogP contribution in [0.25, 0.3) is 16.7 Å². The van der Waals surface area contributed by atoms with Crippen molar-refractivity contribution in [1.82, 2.24) is 10.6 Å². The molecule has 48 heavy (non-hydrogen) atoms. The average molecular weight is 630 g/mol. The number of amidine groups is 1. The topological polar surface area (TPSA) is 36.4 Å². The normalized spacial score (nSPS) is 28.9. The van der Waals surface area contributed by atoms with Gasteiger partial charge in [0.2, 0.25) is 0 Å². The van der Waals surface area contributed by atoms with Gasteiger partial charge in [0.25, 0.3) is 0 Å². The number of aliphatic imine (C=N–C) groups is 1. The fraction of sp³-hybridized carbons (Fsp3) is 0.400. The Hall–Kier alpha value is -3.95. The van der Waals surface area contributed by atoms with Gasteiger partial charge in [0, 0.05) is 28.2 Å². The average Bonchev–Trinajstić information content (AvgIpc) is 3.57. The molecule has 1 aliphatic heterocycles. The molecule has 0 radical (unpaired) electrons. The van der Waals surface area contributed by atoms with Crippen LogP contribution >= 0.6 is 0 Å². The van der Waals surface area contributed by atoms with E-state index in [0.29, 0.717) is 11.8 Å². The molecular weight excluding hydrogens is 583 g/mol. The Labute approximate surface area is 286 Å². The largest absolute Gasteiger partial charge is 0.354 e. The Bertz CT molecular complexity index is 1910. The number of allylic oxidation sites excluding steroid dienone is 6. The van der Waals surface area contributed by atoms with Gasteiger partial charge >= 0.3 is 0 Å². The number of hydrogen-bond acceptors (Lipinski definition) is 3. The maximum atomic E-state index is 5.42. The lowest BCUT2D eigenvalue weighted by molar-refractivity contribution is 0.288. The van der Waals surface area contributed by atoms with Gasteiger partial charge in [-0.3, -0.25) is 5.32 Å². The fourth-order valence-electron chi connectivity index (χ4n) is 11.0. The molecule has 2 fully saturated rings. The molecule has 10 rings (SSSR count). The number of nitrogens with one attached hydrogen (secondary N) is 2. The molecule has 7 aliphatic rings. The van der Waals surface area contributed by atoms with E-state index in [9.17, 15) is 0 Å². The quantitative estimate of drug-likeness (QED) is 0.303. The van der Waals surface area contributed by atoms with Gasteiger partial charge in [-0.15, -0.1) is 0 Å². The summed E-state index contributed by atoms with van der Waals surface area (Å²) in [5.74, 6) is 1.71. The Morgan fingerprint density at radius 1 is 0.646 bits per heavy atom. The van der Waals surface area contributed by atoms with Gasteiger partial charge in [-0.1, -0.05) is 136 Å². The van der Waals surface area contributed by atoms with Crippen LogP contribution in [0.3, 0.4) is 0 Å². The van der Waals surface area contributed by atoms with Gasteiger partial charge in [0.1, 0.15) is 12.0 Å². The lowest BCUT2D eigenvalue weighted by atomic mass is 9.64. The third-order valence-corrected chi connectivity index (χ3v) is 13.3. The Morgan fingerprint density at radius 2 is 1.40 bits per heavy atom. The maximum Gasteiger partial charge on any atom is 0.131 e. The molecule has 0 bridgehead atoms. The number of nitrogens with zero attached hydrogens (tertiary/aromatic N) is 1. The molecule has 3 nitrogen and oxygen atoms in total. The molecule has 1 heterocycles. The summed E-state index contributed by atoms with van der Waals surface area (Å²) >= 11 is 0. The highest BCUT2D eigenvalue weighted by Crippen LogP contribution is 2.62. The van der Waals surface area contributed by atoms with E-state index in [1.54, 1.807) is 33.4 Å². The summed E-state index contributed by atoms with van der Waals surface area (Å²) in [6.45, 7) is 0. The highest BCUT2D eigenvalue weighted by atomic mass is 15.3. The highest BCUT2D eigenvalue weighted by Gasteiger charge is 2.50. The van der Waals surface area contributed by atoms with E-state index in [-0.39, 0.29) is 23.2 Å². The molecule has 6 aliphatic carbocycles. The first-order chi connectivity index (χ1) is 23.7. The summed E-state index contributed by atoms with van der Waals surface area (Å²) in [7, 11) is 0. The van der Waals surface area contributed by atoms with E-state index < -0.39 is 0 Å². The molecular formula is C45H47N3. The molecule has 0 amide bonds. The predicted molar refractivity (Wildman–Crippen MR) is 198 cm³/mol. The van der Waals surface area contributed by atoms with Gasteiger partial charge in [-0.25, -0.2) is 4.99 Å². The first kappa shape index (κ1) is 29.0. The SMILES string of the molecule is C1=CCC(C2NC(c3ccccc3)=NC(C3C=CC4=C(C3)c3cc5c(cc3C43CCCCC3)C3(CCCCC3)c3ccccc3-5)N2)C=C1. The van der Waals surface area contributed by atoms with E-state index in [2.05, 4.69) is 114 Å². The fourth-order valence-corrected chi connectivity index (χ4v) is 11.0. The third kappa shape index (κ3) is 4.32. The van der Waals surface area contributed by atoms with Crippen LogP contribution in [0.4, 0.5) is 0 Å². The van der Waals surface area contributed by atoms with E-state index in [0.717, 1.165) is 18.7 Å². The zero-order valence-electron chi connectivity index (χ0n) is 28.1. The Morgan fingerprint density at radius 3 is 2.19 bits per heavy atom. The molecule has 4 atom stereocenters. The third-order valence-electron chi connectivity index (χ3n) is 13.3. The van der Waals surface area contributed by atoms with Crippen LogP contribution in [0.5, 0.6) is 0 Å². The summed E-state index contributed by atoms with van der Waals surface area (Å²) in [4.78, 5) is 5.42. The van der Waals surface area contributed by atoms with Crippen LogP contribution in [0, 0.1) is 11.8 Å². The van der Waals surface area contributed by atoms with Crippen LogP contribution in [0.2, 0.25) is 0 Å². The monoisotopic (exact) mass is 629 g/mol. The summed E-state index contributed by atoms with van der Waals surface area (Å²) in [5.41, 5.74) is 14.3. The van der Waals surface area contributed by atoms with Gasteiger partial charge in [0.15, 0.2) is 0 Å². The van der Waals surface area contributed by atoms with Crippen molar-refractivity contribution in [3.63, 3.8) is 0 Å². The molecule has 4 unspecified atom stereocenters. The molecule has 2 saturated carbocycles. The molecule has 3 aromatic carbocycles. The molecule has 2 N–H and O–H groups in total. The van der Waals surface area contributed by atoms with E-state index >= 15 is 0 Å². The van der Waals surface area contributed by atoms with Crippen LogP contribution in [0.15, 0.2) is 114 Å². The molecule has 0 aromatic heterocycles. The molecule has 2 spiro atoms. The minimum absolute atomic E-state index is 0.0167. The minimum Gasteiger partial charge on any atom is -0.354 e. The van der Waals surface area contributed by atoms with Crippen molar-refractivity contribution >= 4 is 11.4 Å². The van der Waals surface area contributed by atoms with Gasteiger partial charge < -0.3 is 5.32 Å². The molecule has 3 heteroatoms. The van der Waals surface area contributed by atoms with E-state index in [1.807, 2.05) is 0 Å². The predicted octanol–water partition coefficient (Wildman–Crippen LogP) is 9.89. The lowest BCUT2D eigenvalue weighted by Crippen LogP contribution is -2.59. The van der Waals surface area contributed by atoms with Gasteiger partial charge in [-0.2, -0.15) is 0 Å². The summed E-state index contributed by atoms with van der Waals surface area (Å²) in [5, 5.41) is 7.80. The molecule has 3 aromatic rings. The number of rotatable bonds is 3. The Balaban J connectivity index is 1.07. The van der Waals surface area contributed by atoms with E-state index in [4.69, 9.17) is 4.99 Å². The second kappa shape index (κ2) is 11.3. The van der Waals surface area contributed by atoms with Crippen molar-refractivity contribution in [2.45, 2.75) is 100 Å². The molecule has 0 saturated heterocycles. The van der Waals surface area contributed by atoms with Crippen LogP contribution < -0.4 is 10.6 Å². The smallest absolute Gasteiger partial charge is 0.131 e. The highest BCUT2D eigenvalue weighted by molar-refractivity contribution is 5.99. The second-order valence-corrected chi connectivity index (χ2v) is 15.7. The van der Waals surface area contributed by atoms with Crippen LogP contribution in [0.1, 0.15) is 105 Å². The first-order valence-electron chi connectivity index (χ1n) is 18.9. The number of fused-ring (bicyclic) bond motifs is 9. The minimum atomic E-state index is 0.0167. The summed E-state index contributed by atoms with van der Waals surface area (Å²) in [6.07, 6.45) is 29.7. The maximum absolute atomic E-state index is 5.42. The van der Waals surface area contributed by atoms with Crippen LogP contribution in [-0.4, -0.2) is 18.2 Å². The number of benzene rings is 3. The van der Waals surface area contributed by atoms with Crippen molar-refractivity contribution in [3.8, 4) is 11.1 Å². The van der Waals surface area contributed by atoms with Gasteiger partial charge in [0.05, 0.1) is 6.17 Å². The number of hydrogen-bond donors (Lipinski definition) is 2. The van der Waals surface area contributed by atoms with Crippen molar-refractivity contribution in [2.24, 2.45) is 16.8 Å². The van der Waals surface area contributed by atoms with Crippen molar-refractivity contribution in [2.75, 3.05) is 0 Å². The first-order valence-corrected chi connectivity index (χ1v) is 18.9. The second-order valence-electron chi connectivity index (χ2n) is 15.7.